The van der Waals surface area contributed by atoms with Crippen LogP contribution >= 0.6 is 0 Å². The Morgan fingerprint density at radius 1 is 1.88 bits per heavy atom. The third-order valence-electron chi connectivity index (χ3n) is 0.744. The van der Waals surface area contributed by atoms with Crippen LogP contribution in [-0.2, 0) is 4.79 Å². The molecule has 0 heterocycles. The molecular formula is C4H7N3O. The van der Waals surface area contributed by atoms with Crippen LogP contribution in [-0.4, -0.2) is 11.4 Å². The van der Waals surface area contributed by atoms with Crippen LogP contribution in [0.4, 0.5) is 0 Å². The number of nitriles is 1. The second-order valence-corrected chi connectivity index (χ2v) is 1.68. The van der Waals surface area contributed by atoms with Gasteiger partial charge in [-0.3, -0.25) is 4.79 Å². The Kier molecular flexibility index (Phi) is 1.56. The van der Waals surface area contributed by atoms with Crippen LogP contribution in [0.25, 0.3) is 0 Å². The zero-order valence-electron chi connectivity index (χ0n) is 4.51. The van der Waals surface area contributed by atoms with Crippen LogP contribution in [0.15, 0.2) is 0 Å². The lowest BCUT2D eigenvalue weighted by molar-refractivity contribution is -0.120. The minimum Gasteiger partial charge on any atom is -0.367 e. The number of primary amides is 1. The minimum atomic E-state index is -1.51. The number of carbonyl (C=O) groups excluding carboxylic acids is 1. The summed E-state index contributed by atoms with van der Waals surface area (Å²) in [5.74, 6) is -0.806. The molecule has 0 aliphatic heterocycles. The van der Waals surface area contributed by atoms with Gasteiger partial charge in [0.1, 0.15) is 0 Å². The standard InChI is InChI=1S/C4H7N3O/c1-4(7,2-5)3(6)8/h7H2,1H3,(H2,6,8). The molecule has 0 saturated carbocycles. The summed E-state index contributed by atoms with van der Waals surface area (Å²) < 4.78 is 0. The van der Waals surface area contributed by atoms with Crippen molar-refractivity contribution in [2.24, 2.45) is 11.5 Å². The summed E-state index contributed by atoms with van der Waals surface area (Å²) in [6.45, 7) is 1.26. The van der Waals surface area contributed by atoms with Gasteiger partial charge in [-0.25, -0.2) is 0 Å². The van der Waals surface area contributed by atoms with E-state index in [9.17, 15) is 4.79 Å². The Hall–Kier alpha value is -1.08. The third-order valence-corrected chi connectivity index (χ3v) is 0.744. The van der Waals surface area contributed by atoms with Gasteiger partial charge in [-0.1, -0.05) is 0 Å². The zero-order valence-corrected chi connectivity index (χ0v) is 4.51. The van der Waals surface area contributed by atoms with E-state index in [4.69, 9.17) is 16.7 Å². The first-order chi connectivity index (χ1) is 3.50. The summed E-state index contributed by atoms with van der Waals surface area (Å²) >= 11 is 0. The fraction of sp³-hybridized carbons (Fsp3) is 0.500. The van der Waals surface area contributed by atoms with Gasteiger partial charge in [-0.15, -0.1) is 0 Å². The molecule has 4 nitrogen and oxygen atoms in total. The van der Waals surface area contributed by atoms with Crippen molar-refractivity contribution >= 4 is 5.91 Å². The Bertz CT molecular complexity index is 144. The molecule has 0 rings (SSSR count). The largest absolute Gasteiger partial charge is 0.367 e. The first-order valence-corrected chi connectivity index (χ1v) is 2.01. The van der Waals surface area contributed by atoms with Gasteiger partial charge in [0, 0.05) is 0 Å². The molecule has 0 radical (unpaired) electrons. The maximum atomic E-state index is 10.1. The zero-order chi connectivity index (χ0) is 6.78. The SMILES string of the molecule is CC(N)(C#N)C(N)=O. The summed E-state index contributed by atoms with van der Waals surface area (Å²) in [7, 11) is 0. The first-order valence-electron chi connectivity index (χ1n) is 2.01. The Morgan fingerprint density at radius 3 is 2.25 bits per heavy atom. The monoisotopic (exact) mass is 113 g/mol. The van der Waals surface area contributed by atoms with Crippen LogP contribution in [0.5, 0.6) is 0 Å². The van der Waals surface area contributed by atoms with Crippen molar-refractivity contribution in [3.63, 3.8) is 0 Å². The molecule has 0 aliphatic carbocycles. The lowest BCUT2D eigenvalue weighted by atomic mass is 10.1. The molecule has 1 unspecified atom stereocenters. The van der Waals surface area contributed by atoms with Crippen LogP contribution < -0.4 is 11.5 Å². The van der Waals surface area contributed by atoms with Crippen LogP contribution in [0.1, 0.15) is 6.92 Å². The number of hydrogen-bond acceptors (Lipinski definition) is 3. The van der Waals surface area contributed by atoms with E-state index in [2.05, 4.69) is 0 Å². The van der Waals surface area contributed by atoms with Crippen molar-refractivity contribution in [2.75, 3.05) is 0 Å². The van der Waals surface area contributed by atoms with E-state index < -0.39 is 11.4 Å². The highest BCUT2D eigenvalue weighted by atomic mass is 16.1. The number of amides is 1. The summed E-state index contributed by atoms with van der Waals surface area (Å²) in [4.78, 5) is 10.1. The fourth-order valence-corrected chi connectivity index (χ4v) is 0.0551. The maximum absolute atomic E-state index is 10.1. The van der Waals surface area contributed by atoms with Gasteiger partial charge in [0.2, 0.25) is 0 Å². The van der Waals surface area contributed by atoms with Gasteiger partial charge < -0.3 is 11.5 Å². The number of nitrogens with two attached hydrogens (primary N) is 2. The van der Waals surface area contributed by atoms with Crippen LogP contribution in [0, 0.1) is 11.3 Å². The Labute approximate surface area is 47.1 Å². The van der Waals surface area contributed by atoms with Gasteiger partial charge in [0.15, 0.2) is 5.54 Å². The molecule has 44 valence electrons. The highest BCUT2D eigenvalue weighted by molar-refractivity contribution is 5.86. The summed E-state index contributed by atoms with van der Waals surface area (Å²) in [6.07, 6.45) is 0. The summed E-state index contributed by atoms with van der Waals surface area (Å²) in [5, 5.41) is 8.09. The fourth-order valence-electron chi connectivity index (χ4n) is 0.0551. The molecule has 0 spiro atoms. The molecule has 0 saturated heterocycles. The van der Waals surface area contributed by atoms with Crippen molar-refractivity contribution in [3.05, 3.63) is 0 Å². The average molecular weight is 113 g/mol. The van der Waals surface area contributed by atoms with Crippen molar-refractivity contribution in [3.8, 4) is 6.07 Å². The average Bonchev–Trinajstić information content (AvgIpc) is 1.67. The number of nitrogens with zero attached hydrogens (tertiary/aromatic N) is 1. The normalized spacial score (nSPS) is 16.1. The third kappa shape index (κ3) is 1.21. The maximum Gasteiger partial charge on any atom is 0.251 e. The Morgan fingerprint density at radius 2 is 2.25 bits per heavy atom. The summed E-state index contributed by atoms with van der Waals surface area (Å²) in [6, 6.07) is 1.54. The lowest BCUT2D eigenvalue weighted by Crippen LogP contribution is -2.47. The quantitative estimate of drug-likeness (QED) is 0.443. The first kappa shape index (κ1) is 6.92. The van der Waals surface area contributed by atoms with E-state index in [-0.39, 0.29) is 0 Å². The number of hydrogen-bond donors (Lipinski definition) is 2. The lowest BCUT2D eigenvalue weighted by Gasteiger charge is -2.07. The predicted octanol–water partition coefficient (Wildman–Crippen LogP) is -1.29. The molecular weight excluding hydrogens is 106 g/mol. The molecule has 0 aromatic carbocycles. The van der Waals surface area contributed by atoms with E-state index in [1.807, 2.05) is 0 Å². The van der Waals surface area contributed by atoms with E-state index in [0.29, 0.717) is 0 Å². The van der Waals surface area contributed by atoms with Gasteiger partial charge in [0.05, 0.1) is 6.07 Å². The van der Waals surface area contributed by atoms with Gasteiger partial charge in [-0.05, 0) is 6.92 Å². The topological polar surface area (TPSA) is 92.9 Å². The molecule has 4 heteroatoms. The highest BCUT2D eigenvalue weighted by Crippen LogP contribution is 1.91. The molecule has 1 amide bonds. The molecule has 0 bridgehead atoms. The molecule has 8 heavy (non-hydrogen) atoms. The predicted molar refractivity (Wildman–Crippen MR) is 27.4 cm³/mol. The van der Waals surface area contributed by atoms with Crippen molar-refractivity contribution < 1.29 is 4.79 Å². The molecule has 0 aliphatic rings. The molecule has 0 aromatic heterocycles. The number of rotatable bonds is 1. The van der Waals surface area contributed by atoms with Gasteiger partial charge in [-0.2, -0.15) is 5.26 Å². The van der Waals surface area contributed by atoms with Gasteiger partial charge >= 0.3 is 0 Å². The molecule has 0 aromatic rings. The van der Waals surface area contributed by atoms with E-state index in [0.717, 1.165) is 0 Å². The van der Waals surface area contributed by atoms with Gasteiger partial charge in [0.25, 0.3) is 5.91 Å². The van der Waals surface area contributed by atoms with Crippen molar-refractivity contribution in [2.45, 2.75) is 12.5 Å². The van der Waals surface area contributed by atoms with E-state index in [1.54, 1.807) is 6.07 Å². The van der Waals surface area contributed by atoms with E-state index >= 15 is 0 Å². The van der Waals surface area contributed by atoms with Crippen LogP contribution in [0.2, 0.25) is 0 Å². The summed E-state index contributed by atoms with van der Waals surface area (Å²) in [5.41, 5.74) is 8.20. The van der Waals surface area contributed by atoms with Crippen molar-refractivity contribution in [1.82, 2.24) is 0 Å². The second-order valence-electron chi connectivity index (χ2n) is 1.68. The van der Waals surface area contributed by atoms with Crippen molar-refractivity contribution in [1.29, 1.82) is 5.26 Å². The van der Waals surface area contributed by atoms with Crippen LogP contribution in [0.3, 0.4) is 0 Å². The molecule has 1 atom stereocenters. The second kappa shape index (κ2) is 1.80. The van der Waals surface area contributed by atoms with E-state index in [1.165, 1.54) is 6.92 Å². The molecule has 4 N–H and O–H groups in total. The minimum absolute atomic E-state index is 0.806. The Balaban J connectivity index is 4.19. The smallest absolute Gasteiger partial charge is 0.251 e. The highest BCUT2D eigenvalue weighted by Gasteiger charge is 2.24. The molecule has 0 fully saturated rings. The number of carbonyl (C=O) groups is 1.